The molecule has 1 heterocycles. The van der Waals surface area contributed by atoms with Crippen molar-refractivity contribution < 1.29 is 0 Å². The summed E-state index contributed by atoms with van der Waals surface area (Å²) in [5.74, 6) is 0.926. The van der Waals surface area contributed by atoms with E-state index in [1.54, 1.807) is 12.3 Å². The van der Waals surface area contributed by atoms with Crippen molar-refractivity contribution >= 4 is 17.6 Å². The molecule has 0 aromatic carbocycles. The molecule has 0 saturated carbocycles. The zero-order valence-corrected chi connectivity index (χ0v) is 10.9. The van der Waals surface area contributed by atoms with Crippen LogP contribution in [0.3, 0.4) is 0 Å². The van der Waals surface area contributed by atoms with Crippen LogP contribution >= 0.6 is 11.6 Å². The zero-order valence-electron chi connectivity index (χ0n) is 10.1. The van der Waals surface area contributed by atoms with Gasteiger partial charge in [-0.3, -0.25) is 0 Å². The molecule has 1 aromatic heterocycles. The molecular weight excluding hydrogens is 224 g/mol. The molecule has 0 bridgehead atoms. The topological polar surface area (TPSA) is 31.7 Å². The molecule has 1 aromatic rings. The lowest BCUT2D eigenvalue weighted by Crippen LogP contribution is -2.35. The SMILES string of the molecule is CN(C)C(=NCc1ccc(Cl)nc1)N(C)C. The van der Waals surface area contributed by atoms with E-state index >= 15 is 0 Å². The van der Waals surface area contributed by atoms with Crippen molar-refractivity contribution in [1.29, 1.82) is 0 Å². The van der Waals surface area contributed by atoms with E-state index < -0.39 is 0 Å². The van der Waals surface area contributed by atoms with Gasteiger partial charge in [0.1, 0.15) is 5.15 Å². The smallest absolute Gasteiger partial charge is 0.195 e. The Hall–Kier alpha value is -1.29. The van der Waals surface area contributed by atoms with Gasteiger partial charge in [0, 0.05) is 34.4 Å². The van der Waals surface area contributed by atoms with E-state index in [9.17, 15) is 0 Å². The van der Waals surface area contributed by atoms with Crippen LogP contribution in [0.5, 0.6) is 0 Å². The number of rotatable bonds is 2. The van der Waals surface area contributed by atoms with Crippen molar-refractivity contribution in [1.82, 2.24) is 14.8 Å². The van der Waals surface area contributed by atoms with Crippen molar-refractivity contribution in [2.75, 3.05) is 28.2 Å². The van der Waals surface area contributed by atoms with Gasteiger partial charge in [0.05, 0.1) is 6.54 Å². The van der Waals surface area contributed by atoms with E-state index in [4.69, 9.17) is 11.6 Å². The third-order valence-corrected chi connectivity index (χ3v) is 2.22. The molecule has 5 heteroatoms. The summed E-state index contributed by atoms with van der Waals surface area (Å²) in [6.07, 6.45) is 1.74. The maximum atomic E-state index is 5.71. The summed E-state index contributed by atoms with van der Waals surface area (Å²) in [6.45, 7) is 0.607. The fourth-order valence-electron chi connectivity index (χ4n) is 1.34. The van der Waals surface area contributed by atoms with E-state index in [1.807, 2.05) is 44.1 Å². The van der Waals surface area contributed by atoms with Crippen LogP contribution in [0.1, 0.15) is 5.56 Å². The van der Waals surface area contributed by atoms with Crippen LogP contribution in [0.2, 0.25) is 5.15 Å². The molecule has 0 saturated heterocycles. The minimum absolute atomic E-state index is 0.508. The summed E-state index contributed by atoms with van der Waals surface area (Å²) < 4.78 is 0. The Balaban J connectivity index is 2.73. The van der Waals surface area contributed by atoms with Crippen molar-refractivity contribution in [3.63, 3.8) is 0 Å². The third kappa shape index (κ3) is 3.70. The van der Waals surface area contributed by atoms with Crippen molar-refractivity contribution in [3.05, 3.63) is 29.0 Å². The fraction of sp³-hybridized carbons (Fsp3) is 0.455. The van der Waals surface area contributed by atoms with Crippen molar-refractivity contribution in [3.8, 4) is 0 Å². The Bertz CT molecular complexity index is 347. The second-order valence-corrected chi connectivity index (χ2v) is 4.28. The number of pyridine rings is 1. The van der Waals surface area contributed by atoms with E-state index in [-0.39, 0.29) is 0 Å². The highest BCUT2D eigenvalue weighted by Gasteiger charge is 2.03. The van der Waals surface area contributed by atoms with Gasteiger partial charge in [0.15, 0.2) is 5.96 Å². The van der Waals surface area contributed by atoms with Crippen LogP contribution in [0.25, 0.3) is 0 Å². The molecule has 0 aliphatic rings. The summed E-state index contributed by atoms with van der Waals surface area (Å²) in [5, 5.41) is 0.508. The van der Waals surface area contributed by atoms with Gasteiger partial charge in [-0.15, -0.1) is 0 Å². The molecule has 0 amide bonds. The summed E-state index contributed by atoms with van der Waals surface area (Å²) >= 11 is 5.71. The number of aromatic nitrogens is 1. The number of halogens is 1. The van der Waals surface area contributed by atoms with Crippen LogP contribution < -0.4 is 0 Å². The summed E-state index contributed by atoms with van der Waals surface area (Å²) in [4.78, 5) is 12.5. The van der Waals surface area contributed by atoms with Gasteiger partial charge in [-0.05, 0) is 11.6 Å². The summed E-state index contributed by atoms with van der Waals surface area (Å²) in [7, 11) is 7.88. The average molecular weight is 241 g/mol. The molecule has 0 aliphatic heterocycles. The van der Waals surface area contributed by atoms with Gasteiger partial charge in [-0.25, -0.2) is 9.98 Å². The Morgan fingerprint density at radius 3 is 2.31 bits per heavy atom. The first-order valence-electron chi connectivity index (χ1n) is 5.00. The molecule has 0 radical (unpaired) electrons. The largest absolute Gasteiger partial charge is 0.349 e. The average Bonchev–Trinajstić information content (AvgIpc) is 2.20. The lowest BCUT2D eigenvalue weighted by Gasteiger charge is -2.22. The second-order valence-electron chi connectivity index (χ2n) is 3.89. The molecular formula is C11H17ClN4. The second kappa shape index (κ2) is 5.70. The van der Waals surface area contributed by atoms with Gasteiger partial charge < -0.3 is 9.80 Å². The monoisotopic (exact) mass is 240 g/mol. The van der Waals surface area contributed by atoms with E-state index in [0.29, 0.717) is 11.7 Å². The molecule has 0 aliphatic carbocycles. The van der Waals surface area contributed by atoms with Crippen LogP contribution in [0, 0.1) is 0 Å². The lowest BCUT2D eigenvalue weighted by atomic mass is 10.3. The quantitative estimate of drug-likeness (QED) is 0.448. The lowest BCUT2D eigenvalue weighted by molar-refractivity contribution is 0.479. The molecule has 0 fully saturated rings. The van der Waals surface area contributed by atoms with Gasteiger partial charge in [-0.1, -0.05) is 17.7 Å². The molecule has 1 rings (SSSR count). The molecule has 0 atom stereocenters. The minimum Gasteiger partial charge on any atom is -0.349 e. The van der Waals surface area contributed by atoms with Crippen molar-refractivity contribution in [2.24, 2.45) is 4.99 Å². The van der Waals surface area contributed by atoms with Gasteiger partial charge in [-0.2, -0.15) is 0 Å². The highest BCUT2D eigenvalue weighted by molar-refractivity contribution is 6.29. The standard InChI is InChI=1S/C11H17ClN4/c1-15(2)11(16(3)4)14-8-9-5-6-10(12)13-7-9/h5-7H,8H2,1-4H3. The molecule has 0 unspecified atom stereocenters. The highest BCUT2D eigenvalue weighted by Crippen LogP contribution is 2.06. The Labute approximate surface area is 102 Å². The van der Waals surface area contributed by atoms with Gasteiger partial charge in [0.25, 0.3) is 0 Å². The van der Waals surface area contributed by atoms with Crippen molar-refractivity contribution in [2.45, 2.75) is 6.54 Å². The Morgan fingerprint density at radius 2 is 1.88 bits per heavy atom. The first kappa shape index (κ1) is 12.8. The van der Waals surface area contributed by atoms with E-state index in [0.717, 1.165) is 11.5 Å². The number of hydrogen-bond donors (Lipinski definition) is 0. The zero-order chi connectivity index (χ0) is 12.1. The predicted octanol–water partition coefficient (Wildman–Crippen LogP) is 1.71. The number of guanidine groups is 1. The summed E-state index contributed by atoms with van der Waals surface area (Å²) in [5.41, 5.74) is 1.05. The Kier molecular flexibility index (Phi) is 4.55. The van der Waals surface area contributed by atoms with Gasteiger partial charge in [0.2, 0.25) is 0 Å². The first-order valence-corrected chi connectivity index (χ1v) is 5.38. The van der Waals surface area contributed by atoms with E-state index in [1.165, 1.54) is 0 Å². The molecule has 4 nitrogen and oxygen atoms in total. The minimum atomic E-state index is 0.508. The molecule has 16 heavy (non-hydrogen) atoms. The van der Waals surface area contributed by atoms with Crippen LogP contribution in [0.15, 0.2) is 23.3 Å². The molecule has 0 N–H and O–H groups in total. The maximum Gasteiger partial charge on any atom is 0.195 e. The van der Waals surface area contributed by atoms with Crippen LogP contribution in [-0.2, 0) is 6.54 Å². The fourth-order valence-corrected chi connectivity index (χ4v) is 1.46. The van der Waals surface area contributed by atoms with Crippen LogP contribution in [-0.4, -0.2) is 48.9 Å². The molecule has 0 spiro atoms. The third-order valence-electron chi connectivity index (χ3n) is 1.99. The van der Waals surface area contributed by atoms with E-state index in [2.05, 4.69) is 9.98 Å². The highest BCUT2D eigenvalue weighted by atomic mass is 35.5. The predicted molar refractivity (Wildman–Crippen MR) is 67.8 cm³/mol. The number of hydrogen-bond acceptors (Lipinski definition) is 2. The number of nitrogens with zero attached hydrogens (tertiary/aromatic N) is 4. The maximum absolute atomic E-state index is 5.71. The summed E-state index contributed by atoms with van der Waals surface area (Å²) in [6, 6.07) is 3.71. The normalized spacial score (nSPS) is 9.81. The Morgan fingerprint density at radius 1 is 1.25 bits per heavy atom. The number of aliphatic imine (C=N–C) groups is 1. The van der Waals surface area contributed by atoms with Gasteiger partial charge >= 0.3 is 0 Å². The van der Waals surface area contributed by atoms with Crippen LogP contribution in [0.4, 0.5) is 0 Å². The first-order chi connectivity index (χ1) is 7.50. The molecule has 88 valence electrons.